The molecule has 0 aromatic heterocycles. The summed E-state index contributed by atoms with van der Waals surface area (Å²) < 4.78 is 53.1. The van der Waals surface area contributed by atoms with Crippen molar-refractivity contribution >= 4 is 23.0 Å². The number of nitrogens with one attached hydrogen (secondary N) is 2. The summed E-state index contributed by atoms with van der Waals surface area (Å²) in [5.41, 5.74) is -3.62. The molecule has 0 spiro atoms. The number of anilines is 3. The highest BCUT2D eigenvalue weighted by molar-refractivity contribution is 5.99. The smallest absolute Gasteiger partial charge is 0.416 e. The summed E-state index contributed by atoms with van der Waals surface area (Å²) in [5, 5.41) is 15.8. The molecular formula is C23H21F4N3O4. The predicted octanol–water partition coefficient (Wildman–Crippen LogP) is 4.15. The van der Waals surface area contributed by atoms with Gasteiger partial charge in [-0.15, -0.1) is 0 Å². The molecule has 1 atom stereocenters. The minimum Gasteiger partial charge on any atom is -0.505 e. The van der Waals surface area contributed by atoms with Gasteiger partial charge in [-0.1, -0.05) is 13.0 Å². The van der Waals surface area contributed by atoms with Gasteiger partial charge in [0.2, 0.25) is 0 Å². The van der Waals surface area contributed by atoms with Crippen LogP contribution in [0.5, 0.6) is 5.75 Å². The number of halogens is 4. The molecule has 0 radical (unpaired) electrons. The Balaban J connectivity index is 1.94. The molecule has 0 saturated heterocycles. The Labute approximate surface area is 191 Å². The highest BCUT2D eigenvalue weighted by Gasteiger charge is 2.32. The van der Waals surface area contributed by atoms with Crippen molar-refractivity contribution < 1.29 is 27.5 Å². The predicted molar refractivity (Wildman–Crippen MR) is 119 cm³/mol. The molecule has 180 valence electrons. The molecule has 34 heavy (non-hydrogen) atoms. The number of hydrogen-bond donors (Lipinski definition) is 3. The van der Waals surface area contributed by atoms with Crippen LogP contribution in [0.25, 0.3) is 0 Å². The van der Waals surface area contributed by atoms with Crippen molar-refractivity contribution in [2.75, 3.05) is 24.7 Å². The Kier molecular flexibility index (Phi) is 6.67. The summed E-state index contributed by atoms with van der Waals surface area (Å²) in [6.07, 6.45) is -4.60. The van der Waals surface area contributed by atoms with Crippen LogP contribution in [0.15, 0.2) is 46.0 Å². The molecule has 7 nitrogen and oxygen atoms in total. The molecule has 0 saturated carbocycles. The fourth-order valence-electron chi connectivity index (χ4n) is 3.41. The number of benzene rings is 2. The van der Waals surface area contributed by atoms with Crippen LogP contribution in [0, 0.1) is 5.82 Å². The van der Waals surface area contributed by atoms with Crippen LogP contribution in [0.1, 0.15) is 40.9 Å². The van der Waals surface area contributed by atoms with E-state index in [2.05, 4.69) is 10.6 Å². The summed E-state index contributed by atoms with van der Waals surface area (Å²) in [6, 6.07) is 5.34. The average Bonchev–Trinajstić information content (AvgIpc) is 2.77. The number of phenols is 1. The second kappa shape index (κ2) is 9.16. The molecule has 1 amide bonds. The first kappa shape index (κ1) is 24.7. The molecule has 3 aromatic carbocycles. The van der Waals surface area contributed by atoms with Gasteiger partial charge < -0.3 is 20.6 Å². The maximum absolute atomic E-state index is 13.9. The van der Waals surface area contributed by atoms with E-state index in [-0.39, 0.29) is 34.6 Å². The lowest BCUT2D eigenvalue weighted by molar-refractivity contribution is -0.137. The second-order valence-corrected chi connectivity index (χ2v) is 7.81. The number of amides is 1. The molecule has 3 rings (SSSR count). The van der Waals surface area contributed by atoms with E-state index in [1.165, 1.54) is 37.2 Å². The first-order valence-electron chi connectivity index (χ1n) is 10.1. The van der Waals surface area contributed by atoms with E-state index in [4.69, 9.17) is 0 Å². The molecule has 0 aliphatic rings. The van der Waals surface area contributed by atoms with Crippen molar-refractivity contribution in [3.05, 3.63) is 79.4 Å². The largest absolute Gasteiger partial charge is 0.505 e. The zero-order valence-corrected chi connectivity index (χ0v) is 18.4. The molecule has 0 bridgehead atoms. The molecule has 0 aliphatic carbocycles. The van der Waals surface area contributed by atoms with E-state index in [0.717, 1.165) is 12.1 Å². The topological polar surface area (TPSA) is 98.7 Å². The first-order valence-corrected chi connectivity index (χ1v) is 10.1. The normalized spacial score (nSPS) is 12.4. The average molecular weight is 479 g/mol. The fourth-order valence-corrected chi connectivity index (χ4v) is 3.41. The molecule has 3 N–H and O–H groups in total. The lowest BCUT2D eigenvalue weighted by Crippen LogP contribution is -2.37. The number of carbonyl (C=O) groups excluding carboxylic acids is 1. The van der Waals surface area contributed by atoms with Crippen LogP contribution in [0.4, 0.5) is 34.6 Å². The summed E-state index contributed by atoms with van der Waals surface area (Å²) in [4.78, 5) is 37.8. The van der Waals surface area contributed by atoms with Gasteiger partial charge in [-0.25, -0.2) is 4.39 Å². The van der Waals surface area contributed by atoms with E-state index in [0.29, 0.717) is 6.07 Å². The molecular weight excluding hydrogens is 458 g/mol. The Morgan fingerprint density at radius 1 is 1.09 bits per heavy atom. The first-order chi connectivity index (χ1) is 15.8. The number of hydrogen-bond acceptors (Lipinski definition) is 6. The fraction of sp³-hybridized carbons (Fsp3) is 0.261. The molecule has 0 aliphatic heterocycles. The van der Waals surface area contributed by atoms with Crippen LogP contribution in [0.2, 0.25) is 0 Å². The third-order valence-corrected chi connectivity index (χ3v) is 5.22. The number of phenolic OH excluding ortho intramolecular Hbond substituents is 1. The SMILES string of the molecule is CC[C@@H](Nc1c(Nc2cccc(C(=O)N(C)C)c2O)c(=O)c1=O)c1cc(F)cc(C(F)(F)F)c1. The van der Waals surface area contributed by atoms with Crippen molar-refractivity contribution in [3.8, 4) is 5.75 Å². The highest BCUT2D eigenvalue weighted by Crippen LogP contribution is 2.35. The lowest BCUT2D eigenvalue weighted by atomic mass is 10.00. The molecule has 0 heterocycles. The van der Waals surface area contributed by atoms with Gasteiger partial charge in [0.15, 0.2) is 5.75 Å². The van der Waals surface area contributed by atoms with Crippen LogP contribution in [-0.2, 0) is 6.18 Å². The molecule has 0 unspecified atom stereocenters. The van der Waals surface area contributed by atoms with Gasteiger partial charge in [-0.3, -0.25) is 14.4 Å². The minimum absolute atomic E-state index is 0.0268. The van der Waals surface area contributed by atoms with E-state index in [9.17, 15) is 37.1 Å². The quantitative estimate of drug-likeness (QED) is 0.268. The lowest BCUT2D eigenvalue weighted by Gasteiger charge is -2.23. The van der Waals surface area contributed by atoms with E-state index in [1.54, 1.807) is 6.92 Å². The van der Waals surface area contributed by atoms with Crippen LogP contribution < -0.4 is 21.5 Å². The van der Waals surface area contributed by atoms with E-state index in [1.807, 2.05) is 0 Å². The van der Waals surface area contributed by atoms with E-state index < -0.39 is 46.1 Å². The zero-order valence-electron chi connectivity index (χ0n) is 18.4. The zero-order chi connectivity index (χ0) is 25.4. The molecule has 3 aromatic rings. The standard InChI is InChI=1S/C23H21F4N3O4/c1-4-15(11-8-12(23(25,26)27)10-13(24)9-11)28-17-18(21(33)20(17)32)29-16-7-5-6-14(19(16)31)22(34)30(2)3/h5-10,15,28-29,31H,4H2,1-3H3/t15-/m1/s1. The number of para-hydroxylation sites is 1. The van der Waals surface area contributed by atoms with Gasteiger partial charge in [0, 0.05) is 14.1 Å². The van der Waals surface area contributed by atoms with Crippen molar-refractivity contribution in [3.63, 3.8) is 0 Å². The number of aromatic hydroxyl groups is 1. The second-order valence-electron chi connectivity index (χ2n) is 7.81. The maximum Gasteiger partial charge on any atom is 0.416 e. The molecule has 11 heteroatoms. The number of nitrogens with zero attached hydrogens (tertiary/aromatic N) is 1. The van der Waals surface area contributed by atoms with Gasteiger partial charge in [0.1, 0.15) is 17.2 Å². The molecule has 0 fully saturated rings. The van der Waals surface area contributed by atoms with Crippen molar-refractivity contribution in [1.29, 1.82) is 0 Å². The van der Waals surface area contributed by atoms with Crippen LogP contribution in [-0.4, -0.2) is 30.0 Å². The van der Waals surface area contributed by atoms with Crippen molar-refractivity contribution in [2.24, 2.45) is 0 Å². The third-order valence-electron chi connectivity index (χ3n) is 5.22. The third kappa shape index (κ3) is 4.73. The Bertz CT molecular complexity index is 1310. The highest BCUT2D eigenvalue weighted by atomic mass is 19.4. The number of carbonyl (C=O) groups is 1. The summed E-state index contributed by atoms with van der Waals surface area (Å²) in [7, 11) is 2.98. The van der Waals surface area contributed by atoms with Gasteiger partial charge in [0.05, 0.1) is 22.9 Å². The number of rotatable bonds is 7. The van der Waals surface area contributed by atoms with Crippen LogP contribution >= 0.6 is 0 Å². The monoisotopic (exact) mass is 479 g/mol. The van der Waals surface area contributed by atoms with Crippen LogP contribution in [0.3, 0.4) is 0 Å². The van der Waals surface area contributed by atoms with Gasteiger partial charge in [0.25, 0.3) is 16.8 Å². The van der Waals surface area contributed by atoms with Gasteiger partial charge in [-0.05, 0) is 42.3 Å². The Morgan fingerprint density at radius 3 is 2.32 bits per heavy atom. The minimum atomic E-state index is -4.77. The summed E-state index contributed by atoms with van der Waals surface area (Å²) >= 11 is 0. The Hall–Kier alpha value is -3.89. The summed E-state index contributed by atoms with van der Waals surface area (Å²) in [6.45, 7) is 1.61. The van der Waals surface area contributed by atoms with E-state index >= 15 is 0 Å². The van der Waals surface area contributed by atoms with Crippen molar-refractivity contribution in [2.45, 2.75) is 25.6 Å². The van der Waals surface area contributed by atoms with Crippen molar-refractivity contribution in [1.82, 2.24) is 4.90 Å². The van der Waals surface area contributed by atoms with Gasteiger partial charge in [-0.2, -0.15) is 13.2 Å². The Morgan fingerprint density at radius 2 is 1.74 bits per heavy atom. The summed E-state index contributed by atoms with van der Waals surface area (Å²) in [5.74, 6) is -2.05. The number of alkyl halides is 3. The van der Waals surface area contributed by atoms with Gasteiger partial charge >= 0.3 is 6.18 Å². The maximum atomic E-state index is 13.9.